The number of imidazole rings is 1. The number of amides is 1. The molecule has 1 aromatic heterocycles. The highest BCUT2D eigenvalue weighted by Crippen LogP contribution is 2.22. The van der Waals surface area contributed by atoms with Crippen molar-refractivity contribution < 1.29 is 9.90 Å². The molecule has 0 radical (unpaired) electrons. The fraction of sp³-hybridized carbons (Fsp3) is 0.391. The predicted molar refractivity (Wildman–Crippen MR) is 110 cm³/mol. The van der Waals surface area contributed by atoms with Gasteiger partial charge in [0, 0.05) is 26.1 Å². The van der Waals surface area contributed by atoms with Gasteiger partial charge in [0.05, 0.1) is 17.6 Å². The van der Waals surface area contributed by atoms with Gasteiger partial charge >= 0.3 is 0 Å². The SMILES string of the molecule is Cc1nc2ccccc2n1CCC(=O)N1CC[C@H](Cc2ccc(CO)cc2)C1. The average Bonchev–Trinajstić information content (AvgIpc) is 3.30. The lowest BCUT2D eigenvalue weighted by molar-refractivity contribution is -0.130. The van der Waals surface area contributed by atoms with Gasteiger partial charge in [0.15, 0.2) is 0 Å². The Balaban J connectivity index is 1.32. The van der Waals surface area contributed by atoms with Crippen molar-refractivity contribution in [1.82, 2.24) is 14.5 Å². The van der Waals surface area contributed by atoms with Crippen LogP contribution in [0.4, 0.5) is 0 Å². The maximum Gasteiger partial charge on any atom is 0.224 e. The number of hydrogen-bond acceptors (Lipinski definition) is 3. The van der Waals surface area contributed by atoms with Crippen molar-refractivity contribution in [3.05, 3.63) is 65.5 Å². The van der Waals surface area contributed by atoms with Gasteiger partial charge in [-0.1, -0.05) is 36.4 Å². The molecule has 1 aliphatic heterocycles. The summed E-state index contributed by atoms with van der Waals surface area (Å²) in [5.41, 5.74) is 4.30. The van der Waals surface area contributed by atoms with E-state index in [9.17, 15) is 4.79 Å². The van der Waals surface area contributed by atoms with Crippen LogP contribution in [-0.2, 0) is 24.4 Å². The number of aromatic nitrogens is 2. The molecule has 3 aromatic rings. The maximum absolute atomic E-state index is 12.7. The molecule has 1 aliphatic rings. The first-order valence-electron chi connectivity index (χ1n) is 10.0. The number of fused-ring (bicyclic) bond motifs is 1. The average molecular weight is 377 g/mol. The molecule has 2 aromatic carbocycles. The van der Waals surface area contributed by atoms with Crippen LogP contribution in [0, 0.1) is 12.8 Å². The summed E-state index contributed by atoms with van der Waals surface area (Å²) in [7, 11) is 0. The molecule has 0 bridgehead atoms. The lowest BCUT2D eigenvalue weighted by Gasteiger charge is -2.17. The van der Waals surface area contributed by atoms with Crippen molar-refractivity contribution in [2.24, 2.45) is 5.92 Å². The van der Waals surface area contributed by atoms with Crippen LogP contribution < -0.4 is 0 Å². The normalized spacial score (nSPS) is 16.8. The van der Waals surface area contributed by atoms with Crippen LogP contribution in [0.25, 0.3) is 11.0 Å². The third-order valence-corrected chi connectivity index (χ3v) is 5.76. The Bertz CT molecular complexity index is 962. The molecule has 1 amide bonds. The molecule has 0 aliphatic carbocycles. The molecule has 5 heteroatoms. The second kappa shape index (κ2) is 8.15. The molecule has 146 valence electrons. The fourth-order valence-corrected chi connectivity index (χ4v) is 4.18. The largest absolute Gasteiger partial charge is 0.392 e. The minimum Gasteiger partial charge on any atom is -0.392 e. The van der Waals surface area contributed by atoms with E-state index in [-0.39, 0.29) is 12.5 Å². The number of carbonyl (C=O) groups is 1. The predicted octanol–water partition coefficient (Wildman–Crippen LogP) is 3.32. The van der Waals surface area contributed by atoms with E-state index in [0.717, 1.165) is 48.4 Å². The van der Waals surface area contributed by atoms with E-state index in [2.05, 4.69) is 27.8 Å². The number of nitrogens with zero attached hydrogens (tertiary/aromatic N) is 3. The van der Waals surface area contributed by atoms with Gasteiger partial charge in [0.1, 0.15) is 5.82 Å². The van der Waals surface area contributed by atoms with Crippen molar-refractivity contribution >= 4 is 16.9 Å². The number of likely N-dealkylation sites (tertiary alicyclic amines) is 1. The summed E-state index contributed by atoms with van der Waals surface area (Å²) in [6, 6.07) is 16.2. The highest BCUT2D eigenvalue weighted by atomic mass is 16.3. The molecule has 2 heterocycles. The summed E-state index contributed by atoms with van der Waals surface area (Å²) >= 11 is 0. The first-order valence-corrected chi connectivity index (χ1v) is 10.0. The van der Waals surface area contributed by atoms with E-state index in [4.69, 9.17) is 5.11 Å². The molecule has 28 heavy (non-hydrogen) atoms. The summed E-state index contributed by atoms with van der Waals surface area (Å²) in [5, 5.41) is 9.15. The third kappa shape index (κ3) is 3.94. The summed E-state index contributed by atoms with van der Waals surface area (Å²) in [6.07, 6.45) is 2.56. The van der Waals surface area contributed by atoms with Crippen LogP contribution in [-0.4, -0.2) is 38.6 Å². The quantitative estimate of drug-likeness (QED) is 0.717. The van der Waals surface area contributed by atoms with Crippen molar-refractivity contribution in [2.45, 2.75) is 39.3 Å². The number of hydrogen-bond donors (Lipinski definition) is 1. The van der Waals surface area contributed by atoms with E-state index in [1.165, 1.54) is 5.56 Å². The van der Waals surface area contributed by atoms with Gasteiger partial charge in [-0.05, 0) is 48.9 Å². The monoisotopic (exact) mass is 377 g/mol. The number of benzene rings is 2. The molecular formula is C23H27N3O2. The Morgan fingerprint density at radius 1 is 1.14 bits per heavy atom. The topological polar surface area (TPSA) is 58.4 Å². The Hall–Kier alpha value is -2.66. The van der Waals surface area contributed by atoms with Crippen molar-refractivity contribution in [3.63, 3.8) is 0 Å². The standard InChI is InChI=1S/C23H27N3O2/c1-17-24-21-4-2-3-5-22(21)26(17)13-11-23(28)25-12-10-20(15-25)14-18-6-8-19(16-27)9-7-18/h2-9,20,27H,10-16H2,1H3/t20-/m1/s1. The number of aliphatic hydroxyl groups is 1. The lowest BCUT2D eigenvalue weighted by Crippen LogP contribution is -2.29. The third-order valence-electron chi connectivity index (χ3n) is 5.76. The highest BCUT2D eigenvalue weighted by molar-refractivity contribution is 5.78. The second-order valence-corrected chi connectivity index (χ2v) is 7.72. The highest BCUT2D eigenvalue weighted by Gasteiger charge is 2.26. The van der Waals surface area contributed by atoms with E-state index in [1.54, 1.807) is 0 Å². The zero-order chi connectivity index (χ0) is 19.5. The number of rotatable bonds is 6. The Morgan fingerprint density at radius 3 is 2.68 bits per heavy atom. The van der Waals surface area contributed by atoms with Crippen LogP contribution in [0.5, 0.6) is 0 Å². The Morgan fingerprint density at radius 2 is 1.89 bits per heavy atom. The van der Waals surface area contributed by atoms with E-state index < -0.39 is 0 Å². The lowest BCUT2D eigenvalue weighted by atomic mass is 9.98. The van der Waals surface area contributed by atoms with Crippen molar-refractivity contribution in [1.29, 1.82) is 0 Å². The molecule has 5 nitrogen and oxygen atoms in total. The number of para-hydroxylation sites is 2. The summed E-state index contributed by atoms with van der Waals surface area (Å²) in [5.74, 6) is 1.70. The zero-order valence-corrected chi connectivity index (χ0v) is 16.3. The molecule has 4 rings (SSSR count). The molecule has 1 saturated heterocycles. The molecule has 1 atom stereocenters. The van der Waals surface area contributed by atoms with Crippen molar-refractivity contribution in [2.75, 3.05) is 13.1 Å². The Labute approximate surface area is 165 Å². The van der Waals surface area contributed by atoms with E-state index in [0.29, 0.717) is 18.9 Å². The zero-order valence-electron chi connectivity index (χ0n) is 16.3. The van der Waals surface area contributed by atoms with E-state index >= 15 is 0 Å². The molecule has 0 saturated carbocycles. The van der Waals surface area contributed by atoms with E-state index in [1.807, 2.05) is 42.2 Å². The van der Waals surface area contributed by atoms with Gasteiger partial charge < -0.3 is 14.6 Å². The van der Waals surface area contributed by atoms with Gasteiger partial charge in [0.2, 0.25) is 5.91 Å². The smallest absolute Gasteiger partial charge is 0.224 e. The van der Waals surface area contributed by atoms with Crippen LogP contribution in [0.15, 0.2) is 48.5 Å². The van der Waals surface area contributed by atoms with Gasteiger partial charge in [-0.25, -0.2) is 4.98 Å². The fourth-order valence-electron chi connectivity index (χ4n) is 4.18. The minimum atomic E-state index is 0.0810. The maximum atomic E-state index is 12.7. The van der Waals surface area contributed by atoms with Gasteiger partial charge in [-0.2, -0.15) is 0 Å². The first kappa shape index (κ1) is 18.7. The molecular weight excluding hydrogens is 350 g/mol. The molecule has 0 spiro atoms. The van der Waals surface area contributed by atoms with Gasteiger partial charge in [0.25, 0.3) is 0 Å². The second-order valence-electron chi connectivity index (χ2n) is 7.72. The van der Waals surface area contributed by atoms with Crippen LogP contribution >= 0.6 is 0 Å². The van der Waals surface area contributed by atoms with Crippen LogP contribution in [0.2, 0.25) is 0 Å². The summed E-state index contributed by atoms with van der Waals surface area (Å²) in [4.78, 5) is 19.3. The number of carbonyl (C=O) groups excluding carboxylic acids is 1. The molecule has 0 unspecified atom stereocenters. The van der Waals surface area contributed by atoms with Crippen molar-refractivity contribution in [3.8, 4) is 0 Å². The van der Waals surface area contributed by atoms with Crippen LogP contribution in [0.1, 0.15) is 29.8 Å². The summed E-state index contributed by atoms with van der Waals surface area (Å²) < 4.78 is 2.14. The summed E-state index contributed by atoms with van der Waals surface area (Å²) in [6.45, 7) is 4.44. The molecule has 1 N–H and O–H groups in total. The van der Waals surface area contributed by atoms with Gasteiger partial charge in [-0.15, -0.1) is 0 Å². The van der Waals surface area contributed by atoms with Crippen LogP contribution in [0.3, 0.4) is 0 Å². The first-order chi connectivity index (χ1) is 13.6. The Kier molecular flexibility index (Phi) is 5.44. The number of aliphatic hydroxyl groups excluding tert-OH is 1. The number of aryl methyl sites for hydroxylation is 2. The van der Waals surface area contributed by atoms with Gasteiger partial charge in [-0.3, -0.25) is 4.79 Å². The minimum absolute atomic E-state index is 0.0810. The molecule has 1 fully saturated rings.